The maximum Gasteiger partial charge on any atom is 0.138 e. The van der Waals surface area contributed by atoms with Crippen molar-refractivity contribution in [3.63, 3.8) is 0 Å². The molecular weight excluding hydrogens is 229 g/mol. The van der Waals surface area contributed by atoms with Gasteiger partial charge in [-0.25, -0.2) is 4.39 Å². The fourth-order valence-electron chi connectivity index (χ4n) is 1.38. The Kier molecular flexibility index (Phi) is 5.27. The highest BCUT2D eigenvalue weighted by Crippen LogP contribution is 2.04. The molecule has 1 fully saturated rings. The second-order valence-corrected chi connectivity index (χ2v) is 3.31. The lowest BCUT2D eigenvalue weighted by molar-refractivity contribution is 0.0651. The van der Waals surface area contributed by atoms with Crippen LogP contribution in [0.15, 0.2) is 24.3 Å². The smallest absolute Gasteiger partial charge is 0.138 e. The van der Waals surface area contributed by atoms with Gasteiger partial charge in [0, 0.05) is 13.1 Å². The number of benzene rings is 1. The van der Waals surface area contributed by atoms with Gasteiger partial charge >= 0.3 is 0 Å². The first-order valence-corrected chi connectivity index (χ1v) is 4.94. The van der Waals surface area contributed by atoms with E-state index in [0.717, 1.165) is 6.54 Å². The minimum Gasteiger partial charge on any atom is -0.363 e. The van der Waals surface area contributed by atoms with Gasteiger partial charge in [0.05, 0.1) is 12.2 Å². The number of ether oxygens (including phenoxy) is 1. The monoisotopic (exact) mass is 241 g/mol. The van der Waals surface area contributed by atoms with Crippen LogP contribution in [0.2, 0.25) is 0 Å². The Morgan fingerprint density at radius 2 is 2.19 bits per heavy atom. The molecule has 0 spiro atoms. The number of rotatable bonds is 0. The second-order valence-electron chi connectivity index (χ2n) is 3.31. The van der Waals surface area contributed by atoms with Crippen LogP contribution in [0.3, 0.4) is 0 Å². The van der Waals surface area contributed by atoms with E-state index in [2.05, 4.69) is 17.2 Å². The van der Waals surface area contributed by atoms with E-state index in [1.54, 1.807) is 18.2 Å². The van der Waals surface area contributed by atoms with Gasteiger partial charge in [-0.3, -0.25) is 0 Å². The van der Waals surface area contributed by atoms with Gasteiger partial charge < -0.3 is 10.1 Å². The molecule has 1 aromatic carbocycles. The Labute approximate surface area is 101 Å². The van der Waals surface area contributed by atoms with Gasteiger partial charge in [-0.2, -0.15) is 0 Å². The van der Waals surface area contributed by atoms with Crippen molar-refractivity contribution in [3.8, 4) is 11.8 Å². The van der Waals surface area contributed by atoms with Crippen molar-refractivity contribution in [2.24, 2.45) is 0 Å². The quantitative estimate of drug-likeness (QED) is 0.697. The molecule has 1 saturated heterocycles. The van der Waals surface area contributed by atoms with Crippen molar-refractivity contribution in [2.45, 2.75) is 6.10 Å². The van der Waals surface area contributed by atoms with Crippen molar-refractivity contribution >= 4 is 12.4 Å². The Balaban J connectivity index is 0.00000128. The van der Waals surface area contributed by atoms with Crippen LogP contribution in [0.4, 0.5) is 4.39 Å². The van der Waals surface area contributed by atoms with Crippen LogP contribution >= 0.6 is 12.4 Å². The van der Waals surface area contributed by atoms with E-state index in [-0.39, 0.29) is 24.3 Å². The first kappa shape index (κ1) is 13.0. The molecule has 0 saturated carbocycles. The van der Waals surface area contributed by atoms with Gasteiger partial charge in [0.2, 0.25) is 0 Å². The molecule has 86 valence electrons. The number of halogens is 2. The van der Waals surface area contributed by atoms with Gasteiger partial charge in [-0.15, -0.1) is 12.4 Å². The predicted molar refractivity (Wildman–Crippen MR) is 63.1 cm³/mol. The Hall–Kier alpha value is -1.08. The summed E-state index contributed by atoms with van der Waals surface area (Å²) in [4.78, 5) is 0. The predicted octanol–water partition coefficient (Wildman–Crippen LogP) is 1.59. The van der Waals surface area contributed by atoms with Crippen LogP contribution in [0.1, 0.15) is 5.56 Å². The van der Waals surface area contributed by atoms with Gasteiger partial charge in [0.1, 0.15) is 11.9 Å². The molecule has 2 rings (SSSR count). The first-order valence-electron chi connectivity index (χ1n) is 4.94. The molecule has 1 heterocycles. The SMILES string of the molecule is Cl.Fc1ccccc1C#CC1CNCCO1. The highest BCUT2D eigenvalue weighted by atomic mass is 35.5. The summed E-state index contributed by atoms with van der Waals surface area (Å²) >= 11 is 0. The lowest BCUT2D eigenvalue weighted by Crippen LogP contribution is -2.37. The zero-order chi connectivity index (χ0) is 10.5. The van der Waals surface area contributed by atoms with Crippen LogP contribution in [-0.4, -0.2) is 25.8 Å². The second kappa shape index (κ2) is 6.49. The van der Waals surface area contributed by atoms with Gasteiger partial charge in [-0.1, -0.05) is 24.0 Å². The summed E-state index contributed by atoms with van der Waals surface area (Å²) in [5.41, 5.74) is 0.423. The molecule has 0 aromatic heterocycles. The molecule has 1 aliphatic rings. The molecule has 1 N–H and O–H groups in total. The highest BCUT2D eigenvalue weighted by Gasteiger charge is 2.09. The molecule has 0 amide bonds. The Morgan fingerprint density at radius 1 is 1.38 bits per heavy atom. The van der Waals surface area contributed by atoms with E-state index < -0.39 is 0 Å². The van der Waals surface area contributed by atoms with E-state index in [4.69, 9.17) is 4.74 Å². The summed E-state index contributed by atoms with van der Waals surface area (Å²) in [7, 11) is 0. The van der Waals surface area contributed by atoms with Crippen LogP contribution < -0.4 is 5.32 Å². The molecule has 1 unspecified atom stereocenters. The molecule has 0 aliphatic carbocycles. The third-order valence-corrected chi connectivity index (χ3v) is 2.17. The van der Waals surface area contributed by atoms with E-state index in [1.165, 1.54) is 6.07 Å². The van der Waals surface area contributed by atoms with Gasteiger partial charge in [-0.05, 0) is 12.1 Å². The number of hydrogen-bond donors (Lipinski definition) is 1. The molecule has 1 atom stereocenters. The number of morpholine rings is 1. The molecule has 0 radical (unpaired) electrons. The average molecular weight is 242 g/mol. The highest BCUT2D eigenvalue weighted by molar-refractivity contribution is 5.85. The lowest BCUT2D eigenvalue weighted by Gasteiger charge is -2.18. The number of hydrogen-bond acceptors (Lipinski definition) is 2. The summed E-state index contributed by atoms with van der Waals surface area (Å²) in [6, 6.07) is 6.49. The molecule has 2 nitrogen and oxygen atoms in total. The topological polar surface area (TPSA) is 21.3 Å². The van der Waals surface area contributed by atoms with Gasteiger partial charge in [0.25, 0.3) is 0 Å². The molecule has 1 aromatic rings. The van der Waals surface area contributed by atoms with Crippen LogP contribution in [-0.2, 0) is 4.74 Å². The molecule has 0 bridgehead atoms. The Bertz CT molecular complexity index is 393. The van der Waals surface area contributed by atoms with Crippen molar-refractivity contribution in [1.29, 1.82) is 0 Å². The lowest BCUT2D eigenvalue weighted by atomic mass is 10.2. The molecule has 16 heavy (non-hydrogen) atoms. The summed E-state index contributed by atoms with van der Waals surface area (Å²) in [5.74, 6) is 5.41. The normalized spacial score (nSPS) is 19.2. The fraction of sp³-hybridized carbons (Fsp3) is 0.333. The average Bonchev–Trinajstić information content (AvgIpc) is 2.29. The fourth-order valence-corrected chi connectivity index (χ4v) is 1.38. The van der Waals surface area contributed by atoms with Crippen molar-refractivity contribution < 1.29 is 9.13 Å². The summed E-state index contributed by atoms with van der Waals surface area (Å²) < 4.78 is 18.6. The van der Waals surface area contributed by atoms with Crippen molar-refractivity contribution in [3.05, 3.63) is 35.6 Å². The van der Waals surface area contributed by atoms with E-state index in [1.807, 2.05) is 0 Å². The molecular formula is C12H13ClFNO. The third-order valence-electron chi connectivity index (χ3n) is 2.17. The van der Waals surface area contributed by atoms with Gasteiger partial charge in [0.15, 0.2) is 0 Å². The van der Waals surface area contributed by atoms with Crippen LogP contribution in [0.5, 0.6) is 0 Å². The minimum atomic E-state index is -0.284. The third kappa shape index (κ3) is 3.49. The molecule has 1 aliphatic heterocycles. The summed E-state index contributed by atoms with van der Waals surface area (Å²) in [5, 5.41) is 3.16. The summed E-state index contributed by atoms with van der Waals surface area (Å²) in [6.07, 6.45) is -0.127. The summed E-state index contributed by atoms with van der Waals surface area (Å²) in [6.45, 7) is 2.23. The largest absolute Gasteiger partial charge is 0.363 e. The maximum absolute atomic E-state index is 13.2. The zero-order valence-electron chi connectivity index (χ0n) is 8.70. The van der Waals surface area contributed by atoms with Crippen molar-refractivity contribution in [2.75, 3.05) is 19.7 Å². The molecule has 4 heteroatoms. The van der Waals surface area contributed by atoms with E-state index in [9.17, 15) is 4.39 Å². The van der Waals surface area contributed by atoms with E-state index >= 15 is 0 Å². The van der Waals surface area contributed by atoms with E-state index in [0.29, 0.717) is 18.7 Å². The van der Waals surface area contributed by atoms with Crippen LogP contribution in [0, 0.1) is 17.7 Å². The number of nitrogens with one attached hydrogen (secondary N) is 1. The first-order chi connectivity index (χ1) is 7.36. The van der Waals surface area contributed by atoms with Crippen LogP contribution in [0.25, 0.3) is 0 Å². The minimum absolute atomic E-state index is 0. The van der Waals surface area contributed by atoms with Crippen molar-refractivity contribution in [1.82, 2.24) is 5.32 Å². The Morgan fingerprint density at radius 3 is 2.88 bits per heavy atom. The zero-order valence-corrected chi connectivity index (χ0v) is 9.52. The maximum atomic E-state index is 13.2. The standard InChI is InChI=1S/C12H12FNO.ClH/c13-12-4-2-1-3-10(12)5-6-11-9-14-7-8-15-11;/h1-4,11,14H,7-9H2;1H.